The van der Waals surface area contributed by atoms with Crippen molar-refractivity contribution >= 4 is 27.5 Å². The summed E-state index contributed by atoms with van der Waals surface area (Å²) in [5.74, 6) is 0.585. The molecule has 21 heavy (non-hydrogen) atoms. The number of hydrogen-bond acceptors (Lipinski definition) is 5. The van der Waals surface area contributed by atoms with Gasteiger partial charge >= 0.3 is 0 Å². The van der Waals surface area contributed by atoms with Crippen molar-refractivity contribution in [3.63, 3.8) is 0 Å². The molecule has 1 aromatic heterocycles. The summed E-state index contributed by atoms with van der Waals surface area (Å²) in [5.41, 5.74) is 6.30. The van der Waals surface area contributed by atoms with Crippen molar-refractivity contribution < 1.29 is 8.42 Å². The van der Waals surface area contributed by atoms with Gasteiger partial charge in [-0.05, 0) is 30.3 Å². The van der Waals surface area contributed by atoms with Crippen molar-refractivity contribution in [1.29, 1.82) is 0 Å². The van der Waals surface area contributed by atoms with E-state index >= 15 is 0 Å². The van der Waals surface area contributed by atoms with Crippen molar-refractivity contribution in [2.75, 3.05) is 23.8 Å². The second-order valence-corrected chi connectivity index (χ2v) is 7.49. The maximum atomic E-state index is 11.8. The predicted molar refractivity (Wildman–Crippen MR) is 85.6 cm³/mol. The molecule has 0 radical (unpaired) electrons. The summed E-state index contributed by atoms with van der Waals surface area (Å²) in [7, 11) is -3.25. The first-order valence-corrected chi connectivity index (χ1v) is 9.12. The van der Waals surface area contributed by atoms with E-state index in [0.717, 1.165) is 4.90 Å². The van der Waals surface area contributed by atoms with E-state index < -0.39 is 10.0 Å². The smallest absolute Gasteiger partial charge is 0.212 e. The van der Waals surface area contributed by atoms with Crippen LogP contribution in [-0.4, -0.2) is 36.2 Å². The highest BCUT2D eigenvalue weighted by atomic mass is 32.2. The lowest BCUT2D eigenvalue weighted by Gasteiger charge is -2.07. The summed E-state index contributed by atoms with van der Waals surface area (Å²) in [6.07, 6.45) is 3.46. The number of thioether (sulfide) groups is 1. The minimum absolute atomic E-state index is 0.0845. The SMILES string of the molecule is Nc1ccc(SCCS(=O)(=O)NCCn2cccn2)cc1. The molecule has 0 fully saturated rings. The fraction of sp³-hybridized carbons (Fsp3) is 0.308. The Morgan fingerprint density at radius 2 is 2.05 bits per heavy atom. The number of anilines is 1. The number of nitrogens with one attached hydrogen (secondary N) is 1. The topological polar surface area (TPSA) is 90.0 Å². The average molecular weight is 326 g/mol. The Balaban J connectivity index is 1.69. The number of nitrogens with two attached hydrogens (primary N) is 1. The van der Waals surface area contributed by atoms with Crippen molar-refractivity contribution in [2.45, 2.75) is 11.4 Å². The normalized spacial score (nSPS) is 11.6. The standard InChI is InChI=1S/C13H18N4O2S2/c14-12-2-4-13(5-3-12)20-10-11-21(18,19)16-7-9-17-8-1-6-15-17/h1-6,8,16H,7,9-11,14H2. The fourth-order valence-corrected chi connectivity index (χ4v) is 3.98. The van der Waals surface area contributed by atoms with Crippen LogP contribution >= 0.6 is 11.8 Å². The number of nitrogens with zero attached hydrogens (tertiary/aromatic N) is 2. The molecule has 0 amide bonds. The largest absolute Gasteiger partial charge is 0.399 e. The maximum absolute atomic E-state index is 11.8. The number of benzene rings is 1. The average Bonchev–Trinajstić information content (AvgIpc) is 2.94. The third-order valence-corrected chi connectivity index (χ3v) is 5.38. The van der Waals surface area contributed by atoms with Crippen molar-refractivity contribution in [3.05, 3.63) is 42.7 Å². The minimum atomic E-state index is -3.25. The first kappa shape index (κ1) is 15.9. The Kier molecular flexibility index (Phi) is 5.66. The lowest BCUT2D eigenvalue weighted by molar-refractivity contribution is 0.562. The molecule has 114 valence electrons. The zero-order valence-corrected chi connectivity index (χ0v) is 13.1. The van der Waals surface area contributed by atoms with Gasteiger partial charge in [0.25, 0.3) is 0 Å². The van der Waals surface area contributed by atoms with Crippen molar-refractivity contribution in [2.24, 2.45) is 0 Å². The summed E-state index contributed by atoms with van der Waals surface area (Å²) >= 11 is 1.49. The molecule has 0 aliphatic carbocycles. The predicted octanol–water partition coefficient (Wildman–Crippen LogP) is 1.18. The van der Waals surface area contributed by atoms with E-state index in [2.05, 4.69) is 9.82 Å². The summed E-state index contributed by atoms with van der Waals surface area (Å²) in [4.78, 5) is 1.01. The van der Waals surface area contributed by atoms with E-state index in [1.165, 1.54) is 11.8 Å². The Morgan fingerprint density at radius 1 is 1.29 bits per heavy atom. The Morgan fingerprint density at radius 3 is 2.71 bits per heavy atom. The highest BCUT2D eigenvalue weighted by molar-refractivity contribution is 8.00. The minimum Gasteiger partial charge on any atom is -0.399 e. The van der Waals surface area contributed by atoms with Crippen molar-refractivity contribution in [1.82, 2.24) is 14.5 Å². The molecule has 3 N–H and O–H groups in total. The molecule has 6 nitrogen and oxygen atoms in total. The summed E-state index contributed by atoms with van der Waals surface area (Å²) in [5, 5.41) is 4.01. The lowest BCUT2D eigenvalue weighted by Crippen LogP contribution is -2.30. The number of nitrogen functional groups attached to an aromatic ring is 1. The third-order valence-electron chi connectivity index (χ3n) is 2.72. The van der Waals surface area contributed by atoms with Crippen LogP contribution in [0.25, 0.3) is 0 Å². The van der Waals surface area contributed by atoms with Gasteiger partial charge in [0.05, 0.1) is 12.3 Å². The summed E-state index contributed by atoms with van der Waals surface area (Å²) in [6, 6.07) is 9.19. The molecule has 1 aromatic carbocycles. The zero-order chi connectivity index (χ0) is 15.1. The van der Waals surface area contributed by atoms with Gasteiger partial charge in [0.1, 0.15) is 0 Å². The van der Waals surface area contributed by atoms with E-state index in [4.69, 9.17) is 5.73 Å². The van der Waals surface area contributed by atoms with Gasteiger partial charge in [0.2, 0.25) is 10.0 Å². The van der Waals surface area contributed by atoms with Gasteiger partial charge in [-0.1, -0.05) is 0 Å². The van der Waals surface area contributed by atoms with Crippen LogP contribution in [0.5, 0.6) is 0 Å². The molecule has 0 aliphatic rings. The molecule has 0 spiro atoms. The van der Waals surface area contributed by atoms with E-state index in [-0.39, 0.29) is 5.75 Å². The molecule has 1 heterocycles. The molecule has 0 saturated heterocycles. The van der Waals surface area contributed by atoms with Gasteiger partial charge in [-0.2, -0.15) is 5.10 Å². The maximum Gasteiger partial charge on any atom is 0.212 e. The van der Waals surface area contributed by atoms with E-state index in [1.807, 2.05) is 12.1 Å². The molecular formula is C13H18N4O2S2. The van der Waals surface area contributed by atoms with Crippen LogP contribution in [-0.2, 0) is 16.6 Å². The second-order valence-electron chi connectivity index (χ2n) is 4.40. The van der Waals surface area contributed by atoms with E-state index in [9.17, 15) is 8.42 Å². The molecule has 0 atom stereocenters. The first-order chi connectivity index (χ1) is 10.1. The molecule has 2 aromatic rings. The highest BCUT2D eigenvalue weighted by Gasteiger charge is 2.09. The Labute approximate surface area is 128 Å². The van der Waals surface area contributed by atoms with Gasteiger partial charge in [0.15, 0.2) is 0 Å². The number of rotatable bonds is 8. The quantitative estimate of drug-likeness (QED) is 0.561. The Hall–Kier alpha value is -1.51. The Bertz CT molecular complexity index is 639. The van der Waals surface area contributed by atoms with Crippen LogP contribution in [0, 0.1) is 0 Å². The van der Waals surface area contributed by atoms with Crippen LogP contribution in [0.2, 0.25) is 0 Å². The van der Waals surface area contributed by atoms with Gasteiger partial charge < -0.3 is 5.73 Å². The molecule has 0 unspecified atom stereocenters. The molecular weight excluding hydrogens is 308 g/mol. The van der Waals surface area contributed by atoms with Crippen LogP contribution in [0.1, 0.15) is 0 Å². The van der Waals surface area contributed by atoms with Gasteiger partial charge in [0, 0.05) is 35.3 Å². The lowest BCUT2D eigenvalue weighted by atomic mass is 10.3. The zero-order valence-electron chi connectivity index (χ0n) is 11.5. The molecule has 2 rings (SSSR count). The van der Waals surface area contributed by atoms with Crippen LogP contribution in [0.4, 0.5) is 5.69 Å². The van der Waals surface area contributed by atoms with Gasteiger partial charge in [-0.25, -0.2) is 13.1 Å². The summed E-state index contributed by atoms with van der Waals surface area (Å²) < 4.78 is 27.9. The van der Waals surface area contributed by atoms with Gasteiger partial charge in [-0.15, -0.1) is 11.8 Å². The van der Waals surface area contributed by atoms with E-state index in [0.29, 0.717) is 24.5 Å². The monoisotopic (exact) mass is 326 g/mol. The van der Waals surface area contributed by atoms with Crippen LogP contribution in [0.15, 0.2) is 47.6 Å². The first-order valence-electron chi connectivity index (χ1n) is 6.48. The summed E-state index contributed by atoms with van der Waals surface area (Å²) in [6.45, 7) is 0.869. The van der Waals surface area contributed by atoms with E-state index in [1.54, 1.807) is 35.3 Å². The molecule has 0 aliphatic heterocycles. The second kappa shape index (κ2) is 7.48. The molecule has 8 heteroatoms. The molecule has 0 bridgehead atoms. The highest BCUT2D eigenvalue weighted by Crippen LogP contribution is 2.19. The van der Waals surface area contributed by atoms with Gasteiger partial charge in [-0.3, -0.25) is 4.68 Å². The molecule has 0 saturated carbocycles. The number of sulfonamides is 1. The van der Waals surface area contributed by atoms with Crippen LogP contribution in [0.3, 0.4) is 0 Å². The van der Waals surface area contributed by atoms with Crippen molar-refractivity contribution in [3.8, 4) is 0 Å². The van der Waals surface area contributed by atoms with Crippen LogP contribution < -0.4 is 10.5 Å². The fourth-order valence-electron chi connectivity index (χ4n) is 1.65. The number of aromatic nitrogens is 2. The third kappa shape index (κ3) is 5.78. The number of hydrogen-bond donors (Lipinski definition) is 2.